The van der Waals surface area contributed by atoms with Crippen LogP contribution < -0.4 is 11.5 Å². The van der Waals surface area contributed by atoms with Gasteiger partial charge in [-0.1, -0.05) is 0 Å². The average molecular weight is 310 g/mol. The van der Waals surface area contributed by atoms with Crippen LogP contribution in [-0.4, -0.2) is 93.9 Å². The van der Waals surface area contributed by atoms with Gasteiger partial charge in [0, 0.05) is 6.54 Å². The molecule has 0 aromatic heterocycles. The van der Waals surface area contributed by atoms with Gasteiger partial charge >= 0.3 is 0 Å². The molecule has 0 radical (unpaired) electrons. The van der Waals surface area contributed by atoms with Crippen molar-refractivity contribution in [1.82, 2.24) is 0 Å². The molecule has 2 heterocycles. The maximum atomic E-state index is 9.85. The highest BCUT2D eigenvalue weighted by atomic mass is 16.7. The molecule has 21 heavy (non-hydrogen) atoms. The van der Waals surface area contributed by atoms with E-state index in [-0.39, 0.29) is 6.54 Å². The van der Waals surface area contributed by atoms with E-state index in [1.807, 2.05) is 0 Å². The predicted molar refractivity (Wildman–Crippen MR) is 66.5 cm³/mol. The van der Waals surface area contributed by atoms with Gasteiger partial charge in [0.15, 0.2) is 12.6 Å². The topological polar surface area (TPSA) is 181 Å². The zero-order valence-electron chi connectivity index (χ0n) is 11.2. The molecule has 0 unspecified atom stereocenters. The van der Waals surface area contributed by atoms with Gasteiger partial charge in [0.1, 0.15) is 36.6 Å². The summed E-state index contributed by atoms with van der Waals surface area (Å²) in [6.07, 6.45) is -9.62. The number of aliphatic hydroxyl groups excluding tert-OH is 5. The Morgan fingerprint density at radius 2 is 1.62 bits per heavy atom. The summed E-state index contributed by atoms with van der Waals surface area (Å²) in [5.74, 6) is 0. The molecule has 0 amide bonds. The lowest BCUT2D eigenvalue weighted by molar-refractivity contribution is -0.280. The number of ether oxygens (including phenoxy) is 3. The zero-order chi connectivity index (χ0) is 15.7. The van der Waals surface area contributed by atoms with Crippen molar-refractivity contribution in [2.24, 2.45) is 11.5 Å². The fourth-order valence-corrected chi connectivity index (χ4v) is 2.46. The molecule has 9 N–H and O–H groups in total. The van der Waals surface area contributed by atoms with Crippen LogP contribution in [-0.2, 0) is 14.2 Å². The van der Waals surface area contributed by atoms with Gasteiger partial charge in [0.2, 0.25) is 0 Å². The van der Waals surface area contributed by atoms with Gasteiger partial charge in [0.25, 0.3) is 0 Å². The number of nitrogens with two attached hydrogens (primary N) is 2. The van der Waals surface area contributed by atoms with Gasteiger partial charge in [-0.15, -0.1) is 0 Å². The van der Waals surface area contributed by atoms with Crippen LogP contribution in [0, 0.1) is 0 Å². The highest BCUT2D eigenvalue weighted by Gasteiger charge is 2.49. The monoisotopic (exact) mass is 310 g/mol. The second kappa shape index (κ2) is 6.79. The second-order valence-electron chi connectivity index (χ2n) is 5.18. The molecule has 2 saturated heterocycles. The van der Waals surface area contributed by atoms with E-state index in [0.717, 1.165) is 0 Å². The SMILES string of the molecule is NC[C@@H]1O[C@H](O[C@H]2[C@@H](O)[C@@H](O)O[C@@H]2CO)[C@H](N)[C@@H](O)[C@@H]1O. The van der Waals surface area contributed by atoms with E-state index in [2.05, 4.69) is 0 Å². The van der Waals surface area contributed by atoms with E-state index in [1.165, 1.54) is 0 Å². The molecule has 2 rings (SSSR count). The van der Waals surface area contributed by atoms with E-state index in [1.54, 1.807) is 0 Å². The van der Waals surface area contributed by atoms with Crippen molar-refractivity contribution in [2.45, 2.75) is 55.2 Å². The molecule has 2 aliphatic heterocycles. The van der Waals surface area contributed by atoms with Crippen molar-refractivity contribution >= 4 is 0 Å². The summed E-state index contributed by atoms with van der Waals surface area (Å²) in [5, 5.41) is 47.9. The van der Waals surface area contributed by atoms with Crippen molar-refractivity contribution < 1.29 is 39.7 Å². The standard InChI is InChI=1S/C11H22N2O8/c12-1-3-6(15)7(16)5(13)11(20-3)21-9-4(2-14)19-10(18)8(9)17/h3-11,14-18H,1-2,12-13H2/t3-,4+,5+,6+,7+,8+,9+,10-,11+/m0/s1. The quantitative estimate of drug-likeness (QED) is 0.266. The molecular weight excluding hydrogens is 288 g/mol. The van der Waals surface area contributed by atoms with E-state index in [0.29, 0.717) is 0 Å². The predicted octanol–water partition coefficient (Wildman–Crippen LogP) is -4.83. The third-order valence-corrected chi connectivity index (χ3v) is 3.76. The lowest BCUT2D eigenvalue weighted by Crippen LogP contribution is -2.64. The van der Waals surface area contributed by atoms with Crippen LogP contribution in [0.15, 0.2) is 0 Å². The number of rotatable bonds is 4. The summed E-state index contributed by atoms with van der Waals surface area (Å²) >= 11 is 0. The summed E-state index contributed by atoms with van der Waals surface area (Å²) in [7, 11) is 0. The highest BCUT2D eigenvalue weighted by molar-refractivity contribution is 4.94. The number of aliphatic hydroxyl groups is 5. The molecule has 0 saturated carbocycles. The van der Waals surface area contributed by atoms with Gasteiger partial charge < -0.3 is 51.2 Å². The normalized spacial score (nSPS) is 51.3. The van der Waals surface area contributed by atoms with Gasteiger partial charge in [-0.05, 0) is 0 Å². The molecule has 0 aromatic rings. The largest absolute Gasteiger partial charge is 0.394 e. The molecule has 10 nitrogen and oxygen atoms in total. The Bertz CT molecular complexity index is 346. The maximum absolute atomic E-state index is 9.85. The van der Waals surface area contributed by atoms with E-state index in [9.17, 15) is 20.4 Å². The molecule has 124 valence electrons. The fourth-order valence-electron chi connectivity index (χ4n) is 2.46. The molecule has 0 aromatic carbocycles. The number of hydrogen-bond acceptors (Lipinski definition) is 10. The minimum Gasteiger partial charge on any atom is -0.394 e. The maximum Gasteiger partial charge on any atom is 0.184 e. The van der Waals surface area contributed by atoms with E-state index >= 15 is 0 Å². The Hall–Kier alpha value is -0.400. The summed E-state index contributed by atoms with van der Waals surface area (Å²) < 4.78 is 15.7. The molecule has 10 heteroatoms. The second-order valence-corrected chi connectivity index (χ2v) is 5.18. The molecule has 0 spiro atoms. The first kappa shape index (κ1) is 17.0. The van der Waals surface area contributed by atoms with Crippen molar-refractivity contribution in [2.75, 3.05) is 13.2 Å². The molecule has 0 aliphatic carbocycles. The summed E-state index contributed by atoms with van der Waals surface area (Å²) in [6.45, 7) is -0.563. The fraction of sp³-hybridized carbons (Fsp3) is 1.00. The minimum atomic E-state index is -1.51. The zero-order valence-corrected chi connectivity index (χ0v) is 11.2. The Labute approximate surface area is 120 Å². The highest BCUT2D eigenvalue weighted by Crippen LogP contribution is 2.27. The van der Waals surface area contributed by atoms with Crippen molar-refractivity contribution in [1.29, 1.82) is 0 Å². The van der Waals surface area contributed by atoms with Crippen LogP contribution in [0.25, 0.3) is 0 Å². The van der Waals surface area contributed by atoms with E-state index < -0.39 is 61.9 Å². The Balaban J connectivity index is 2.07. The van der Waals surface area contributed by atoms with Crippen LogP contribution in [0.5, 0.6) is 0 Å². The summed E-state index contributed by atoms with van der Waals surface area (Å²) in [4.78, 5) is 0. The lowest BCUT2D eigenvalue weighted by Gasteiger charge is -2.42. The molecule has 9 atom stereocenters. The Morgan fingerprint density at radius 3 is 2.19 bits per heavy atom. The third kappa shape index (κ3) is 3.19. The van der Waals surface area contributed by atoms with Crippen molar-refractivity contribution in [3.63, 3.8) is 0 Å². The van der Waals surface area contributed by atoms with Crippen LogP contribution in [0.4, 0.5) is 0 Å². The van der Waals surface area contributed by atoms with Gasteiger partial charge in [-0.25, -0.2) is 0 Å². The van der Waals surface area contributed by atoms with Gasteiger partial charge in [-0.2, -0.15) is 0 Å². The lowest BCUT2D eigenvalue weighted by atomic mass is 9.97. The first-order valence-corrected chi connectivity index (χ1v) is 6.65. The van der Waals surface area contributed by atoms with Crippen molar-refractivity contribution in [3.05, 3.63) is 0 Å². The van der Waals surface area contributed by atoms with Crippen molar-refractivity contribution in [3.8, 4) is 0 Å². The van der Waals surface area contributed by atoms with Crippen LogP contribution in [0.3, 0.4) is 0 Å². The van der Waals surface area contributed by atoms with Crippen LogP contribution in [0.2, 0.25) is 0 Å². The summed E-state index contributed by atoms with van der Waals surface area (Å²) in [6, 6.07) is -1.09. The van der Waals surface area contributed by atoms with E-state index in [4.69, 9.17) is 30.8 Å². The molecule has 2 aliphatic rings. The number of hydrogen-bond donors (Lipinski definition) is 7. The molecular formula is C11H22N2O8. The van der Waals surface area contributed by atoms with Gasteiger partial charge in [0.05, 0.1) is 12.6 Å². The molecule has 0 bridgehead atoms. The summed E-state index contributed by atoms with van der Waals surface area (Å²) in [5.41, 5.74) is 11.2. The average Bonchev–Trinajstić information content (AvgIpc) is 2.75. The minimum absolute atomic E-state index is 0.0689. The molecule has 2 fully saturated rings. The Kier molecular flexibility index (Phi) is 5.48. The van der Waals surface area contributed by atoms with Crippen LogP contribution in [0.1, 0.15) is 0 Å². The third-order valence-electron chi connectivity index (χ3n) is 3.76. The first-order chi connectivity index (χ1) is 9.90. The van der Waals surface area contributed by atoms with Crippen LogP contribution >= 0.6 is 0 Å². The van der Waals surface area contributed by atoms with Gasteiger partial charge in [-0.3, -0.25) is 0 Å². The first-order valence-electron chi connectivity index (χ1n) is 6.65. The smallest absolute Gasteiger partial charge is 0.184 e. The Morgan fingerprint density at radius 1 is 0.952 bits per heavy atom.